The molecule has 1 atom stereocenters. The fourth-order valence-electron chi connectivity index (χ4n) is 2.99. The van der Waals surface area contributed by atoms with E-state index in [1.807, 2.05) is 16.9 Å². The third-order valence-electron chi connectivity index (χ3n) is 4.35. The zero-order valence-corrected chi connectivity index (χ0v) is 12.3. The molecule has 1 aromatic heterocycles. The van der Waals surface area contributed by atoms with Gasteiger partial charge in [0, 0.05) is 12.6 Å². The quantitative estimate of drug-likeness (QED) is 0.931. The highest BCUT2D eigenvalue weighted by Gasteiger charge is 2.18. The first-order chi connectivity index (χ1) is 10.1. The molecule has 1 unspecified atom stereocenters. The predicted octanol–water partition coefficient (Wildman–Crippen LogP) is 3.72. The van der Waals surface area contributed by atoms with Crippen molar-refractivity contribution in [2.75, 3.05) is 0 Å². The maximum Gasteiger partial charge on any atom is 0.126 e. The molecule has 3 nitrogen and oxygen atoms in total. The molecule has 0 spiro atoms. The zero-order valence-electron chi connectivity index (χ0n) is 12.3. The summed E-state index contributed by atoms with van der Waals surface area (Å²) in [5.41, 5.74) is 2.06. The minimum absolute atomic E-state index is 0.275. The third-order valence-corrected chi connectivity index (χ3v) is 4.35. The highest BCUT2D eigenvalue weighted by Crippen LogP contribution is 2.29. The first-order valence-electron chi connectivity index (χ1n) is 7.61. The van der Waals surface area contributed by atoms with Gasteiger partial charge in [-0.3, -0.25) is 4.68 Å². The van der Waals surface area contributed by atoms with Crippen molar-refractivity contribution < 1.29 is 9.50 Å². The lowest BCUT2D eigenvalue weighted by atomic mass is 10.0. The van der Waals surface area contributed by atoms with Gasteiger partial charge in [-0.1, -0.05) is 25.0 Å². The summed E-state index contributed by atoms with van der Waals surface area (Å²) in [7, 11) is 0. The van der Waals surface area contributed by atoms with Crippen LogP contribution in [-0.2, 0) is 6.42 Å². The van der Waals surface area contributed by atoms with Crippen molar-refractivity contribution in [3.8, 4) is 0 Å². The largest absolute Gasteiger partial charge is 0.388 e. The van der Waals surface area contributed by atoms with Crippen LogP contribution < -0.4 is 0 Å². The van der Waals surface area contributed by atoms with Crippen LogP contribution in [0, 0.1) is 12.7 Å². The number of aromatic nitrogens is 2. The van der Waals surface area contributed by atoms with E-state index in [0.29, 0.717) is 23.6 Å². The lowest BCUT2D eigenvalue weighted by Crippen LogP contribution is -2.07. The summed E-state index contributed by atoms with van der Waals surface area (Å²) in [6.07, 6.45) is 6.61. The number of aryl methyl sites for hydroxylation is 1. The lowest BCUT2D eigenvalue weighted by molar-refractivity contribution is 0.176. The van der Waals surface area contributed by atoms with Crippen molar-refractivity contribution in [2.24, 2.45) is 0 Å². The molecule has 0 bridgehead atoms. The third kappa shape index (κ3) is 3.16. The van der Waals surface area contributed by atoms with Gasteiger partial charge in [-0.25, -0.2) is 4.39 Å². The monoisotopic (exact) mass is 288 g/mol. The number of halogens is 1. The van der Waals surface area contributed by atoms with Crippen LogP contribution in [0.5, 0.6) is 0 Å². The van der Waals surface area contributed by atoms with Crippen LogP contribution >= 0.6 is 0 Å². The smallest absolute Gasteiger partial charge is 0.126 e. The van der Waals surface area contributed by atoms with E-state index in [2.05, 4.69) is 5.10 Å². The Morgan fingerprint density at radius 2 is 2.10 bits per heavy atom. The number of hydrogen-bond donors (Lipinski definition) is 1. The Balaban J connectivity index is 1.69. The summed E-state index contributed by atoms with van der Waals surface area (Å²) in [4.78, 5) is 0. The Morgan fingerprint density at radius 1 is 1.33 bits per heavy atom. The molecule has 2 aromatic rings. The minimum atomic E-state index is -0.716. The average molecular weight is 288 g/mol. The molecule has 1 fully saturated rings. The second-order valence-corrected chi connectivity index (χ2v) is 5.95. The Morgan fingerprint density at radius 3 is 2.81 bits per heavy atom. The summed E-state index contributed by atoms with van der Waals surface area (Å²) in [6, 6.07) is 7.34. The van der Waals surface area contributed by atoms with Gasteiger partial charge in [-0.05, 0) is 43.0 Å². The van der Waals surface area contributed by atoms with E-state index in [-0.39, 0.29) is 5.82 Å². The average Bonchev–Trinajstić information content (AvgIpc) is 3.12. The number of rotatable bonds is 4. The van der Waals surface area contributed by atoms with Gasteiger partial charge in [0.05, 0.1) is 17.8 Å². The standard InChI is InChI=1S/C17H21FN2O/c1-12-6-7-13(10-16(12)18)17(21)11-14-8-9-20(19-14)15-4-2-3-5-15/h6-10,15,17,21H,2-5,11H2,1H3. The van der Waals surface area contributed by atoms with E-state index < -0.39 is 6.10 Å². The van der Waals surface area contributed by atoms with Gasteiger partial charge < -0.3 is 5.11 Å². The Bertz CT molecular complexity index is 617. The number of benzene rings is 1. The Hall–Kier alpha value is -1.68. The molecule has 1 heterocycles. The van der Waals surface area contributed by atoms with Gasteiger partial charge in [-0.15, -0.1) is 0 Å². The molecule has 1 saturated carbocycles. The lowest BCUT2D eigenvalue weighted by Gasteiger charge is -2.11. The topological polar surface area (TPSA) is 38.0 Å². The fourth-order valence-corrected chi connectivity index (χ4v) is 2.99. The molecule has 21 heavy (non-hydrogen) atoms. The molecule has 4 heteroatoms. The van der Waals surface area contributed by atoms with Crippen molar-refractivity contribution in [3.63, 3.8) is 0 Å². The number of aliphatic hydroxyl groups excluding tert-OH is 1. The predicted molar refractivity (Wildman–Crippen MR) is 79.5 cm³/mol. The van der Waals surface area contributed by atoms with Crippen molar-refractivity contribution >= 4 is 0 Å². The Labute approximate surface area is 124 Å². The van der Waals surface area contributed by atoms with E-state index in [1.54, 1.807) is 19.1 Å². The summed E-state index contributed by atoms with van der Waals surface area (Å²) in [6.45, 7) is 1.72. The van der Waals surface area contributed by atoms with Crippen molar-refractivity contribution in [1.29, 1.82) is 0 Å². The minimum Gasteiger partial charge on any atom is -0.388 e. The fraction of sp³-hybridized carbons (Fsp3) is 0.471. The van der Waals surface area contributed by atoms with Gasteiger partial charge in [0.15, 0.2) is 0 Å². The molecule has 112 valence electrons. The second kappa shape index (κ2) is 5.98. The molecule has 1 aliphatic rings. The van der Waals surface area contributed by atoms with Crippen LogP contribution in [0.15, 0.2) is 30.5 Å². The molecule has 0 radical (unpaired) electrons. The van der Waals surface area contributed by atoms with Crippen molar-refractivity contribution in [3.05, 3.63) is 53.1 Å². The molecular weight excluding hydrogens is 267 g/mol. The van der Waals surface area contributed by atoms with E-state index in [1.165, 1.54) is 31.7 Å². The van der Waals surface area contributed by atoms with Crippen LogP contribution in [0.25, 0.3) is 0 Å². The first-order valence-corrected chi connectivity index (χ1v) is 7.61. The highest BCUT2D eigenvalue weighted by atomic mass is 19.1. The van der Waals surface area contributed by atoms with Crippen LogP contribution in [0.4, 0.5) is 4.39 Å². The van der Waals surface area contributed by atoms with Crippen molar-refractivity contribution in [2.45, 2.75) is 51.2 Å². The number of nitrogens with zero attached hydrogens (tertiary/aromatic N) is 2. The zero-order chi connectivity index (χ0) is 14.8. The normalized spacial score (nSPS) is 17.3. The summed E-state index contributed by atoms with van der Waals surface area (Å²) in [5, 5.41) is 14.8. The summed E-state index contributed by atoms with van der Waals surface area (Å²) >= 11 is 0. The SMILES string of the molecule is Cc1ccc(C(O)Cc2ccn(C3CCCC3)n2)cc1F. The van der Waals surface area contributed by atoms with E-state index in [4.69, 9.17) is 0 Å². The van der Waals surface area contributed by atoms with Crippen LogP contribution in [0.2, 0.25) is 0 Å². The van der Waals surface area contributed by atoms with Gasteiger partial charge >= 0.3 is 0 Å². The van der Waals surface area contributed by atoms with Gasteiger partial charge in [-0.2, -0.15) is 5.10 Å². The summed E-state index contributed by atoms with van der Waals surface area (Å²) in [5.74, 6) is -0.275. The number of aliphatic hydroxyl groups is 1. The van der Waals surface area contributed by atoms with Crippen molar-refractivity contribution in [1.82, 2.24) is 9.78 Å². The molecule has 1 aliphatic carbocycles. The van der Waals surface area contributed by atoms with Gasteiger partial charge in [0.25, 0.3) is 0 Å². The maximum atomic E-state index is 13.6. The molecule has 1 N–H and O–H groups in total. The Kier molecular flexibility index (Phi) is 4.06. The van der Waals surface area contributed by atoms with E-state index >= 15 is 0 Å². The molecule has 0 aliphatic heterocycles. The summed E-state index contributed by atoms with van der Waals surface area (Å²) < 4.78 is 15.6. The molecule has 0 amide bonds. The molecular formula is C17H21FN2O. The van der Waals surface area contributed by atoms with Crippen LogP contribution in [-0.4, -0.2) is 14.9 Å². The molecule has 1 aromatic carbocycles. The van der Waals surface area contributed by atoms with Gasteiger partial charge in [0.1, 0.15) is 5.82 Å². The van der Waals surface area contributed by atoms with Gasteiger partial charge in [0.2, 0.25) is 0 Å². The van der Waals surface area contributed by atoms with E-state index in [9.17, 15) is 9.50 Å². The molecule has 3 rings (SSSR count). The molecule has 0 saturated heterocycles. The second-order valence-electron chi connectivity index (χ2n) is 5.95. The van der Waals surface area contributed by atoms with Crippen LogP contribution in [0.1, 0.15) is 54.6 Å². The number of hydrogen-bond acceptors (Lipinski definition) is 2. The maximum absolute atomic E-state index is 13.6. The van der Waals surface area contributed by atoms with E-state index in [0.717, 1.165) is 5.69 Å². The first kappa shape index (κ1) is 14.3. The highest BCUT2D eigenvalue weighted by molar-refractivity contribution is 5.25. The van der Waals surface area contributed by atoms with Crippen LogP contribution in [0.3, 0.4) is 0 Å².